The first-order chi connectivity index (χ1) is 12.0. The molecule has 1 aromatic carbocycles. The number of pyridine rings is 1. The zero-order valence-corrected chi connectivity index (χ0v) is 14.4. The molecule has 2 aromatic rings. The highest BCUT2D eigenvalue weighted by Gasteiger charge is 2.36. The monoisotopic (exact) mass is 337 g/mol. The largest absolute Gasteiger partial charge is 0.483 e. The number of rotatable bonds is 4. The molecular weight excluding hydrogens is 318 g/mol. The van der Waals surface area contributed by atoms with E-state index in [4.69, 9.17) is 9.57 Å². The number of benzene rings is 1. The Bertz CT molecular complexity index is 935. The number of hydrogen-bond donors (Lipinski definition) is 1. The molecule has 1 aromatic heterocycles. The molecule has 0 spiro atoms. The third-order valence-electron chi connectivity index (χ3n) is 4.20. The number of hydrogen-bond acceptors (Lipinski definition) is 5. The molecule has 2 heterocycles. The molecule has 0 fully saturated rings. The van der Waals surface area contributed by atoms with Gasteiger partial charge in [-0.15, -0.1) is 0 Å². The van der Waals surface area contributed by atoms with Crippen molar-refractivity contribution in [1.29, 1.82) is 5.26 Å². The SMILES string of the molecule is CONCC1=C(n2ccccc2=O)c2cc(C#N)ccc2OC1(C)C. The Morgan fingerprint density at radius 2 is 2.12 bits per heavy atom. The van der Waals surface area contributed by atoms with Crippen LogP contribution < -0.4 is 15.8 Å². The van der Waals surface area contributed by atoms with Crippen molar-refractivity contribution < 1.29 is 9.57 Å². The van der Waals surface area contributed by atoms with Crippen LogP contribution in [0.15, 0.2) is 53.0 Å². The van der Waals surface area contributed by atoms with Crippen LogP contribution in [0.1, 0.15) is 25.0 Å². The molecule has 3 rings (SSSR count). The first-order valence-corrected chi connectivity index (χ1v) is 7.89. The Morgan fingerprint density at radius 1 is 1.32 bits per heavy atom. The second-order valence-electron chi connectivity index (χ2n) is 6.20. The van der Waals surface area contributed by atoms with Gasteiger partial charge >= 0.3 is 0 Å². The topological polar surface area (TPSA) is 76.3 Å². The number of hydroxylamine groups is 1. The number of nitrogens with one attached hydrogen (secondary N) is 1. The maximum Gasteiger partial charge on any atom is 0.255 e. The molecule has 128 valence electrons. The van der Waals surface area contributed by atoms with Crippen LogP contribution in [0, 0.1) is 11.3 Å². The third-order valence-corrected chi connectivity index (χ3v) is 4.20. The van der Waals surface area contributed by atoms with Crippen LogP contribution in [-0.2, 0) is 4.84 Å². The molecule has 0 amide bonds. The molecule has 6 heteroatoms. The predicted molar refractivity (Wildman–Crippen MR) is 93.9 cm³/mol. The fourth-order valence-corrected chi connectivity index (χ4v) is 2.99. The minimum atomic E-state index is -0.655. The number of fused-ring (bicyclic) bond motifs is 1. The van der Waals surface area contributed by atoms with E-state index in [-0.39, 0.29) is 5.56 Å². The number of nitriles is 1. The van der Waals surface area contributed by atoms with Crippen molar-refractivity contribution in [2.24, 2.45) is 0 Å². The lowest BCUT2D eigenvalue weighted by Gasteiger charge is -2.37. The van der Waals surface area contributed by atoms with E-state index in [0.29, 0.717) is 29.1 Å². The maximum absolute atomic E-state index is 12.5. The lowest BCUT2D eigenvalue weighted by molar-refractivity contribution is 0.0820. The molecule has 25 heavy (non-hydrogen) atoms. The van der Waals surface area contributed by atoms with Crippen molar-refractivity contribution in [2.75, 3.05) is 13.7 Å². The van der Waals surface area contributed by atoms with Gasteiger partial charge in [0, 0.05) is 29.9 Å². The highest BCUT2D eigenvalue weighted by atomic mass is 16.6. The molecule has 6 nitrogen and oxygen atoms in total. The predicted octanol–water partition coefficient (Wildman–Crippen LogP) is 2.30. The average molecular weight is 337 g/mol. The van der Waals surface area contributed by atoms with Crippen LogP contribution in [0.2, 0.25) is 0 Å². The van der Waals surface area contributed by atoms with Crippen LogP contribution in [0.5, 0.6) is 5.75 Å². The van der Waals surface area contributed by atoms with E-state index in [1.807, 2.05) is 13.8 Å². The molecule has 0 atom stereocenters. The minimum Gasteiger partial charge on any atom is -0.483 e. The highest BCUT2D eigenvalue weighted by molar-refractivity contribution is 5.77. The van der Waals surface area contributed by atoms with Gasteiger partial charge in [0.2, 0.25) is 0 Å². The Labute approximate surface area is 145 Å². The van der Waals surface area contributed by atoms with E-state index in [0.717, 1.165) is 5.57 Å². The minimum absolute atomic E-state index is 0.154. The Morgan fingerprint density at radius 3 is 2.80 bits per heavy atom. The summed E-state index contributed by atoms with van der Waals surface area (Å²) in [6, 6.07) is 12.4. The zero-order chi connectivity index (χ0) is 18.0. The summed E-state index contributed by atoms with van der Waals surface area (Å²) >= 11 is 0. The van der Waals surface area contributed by atoms with Crippen molar-refractivity contribution in [3.05, 3.63) is 69.6 Å². The van der Waals surface area contributed by atoms with E-state index in [2.05, 4.69) is 11.5 Å². The molecule has 0 bridgehead atoms. The van der Waals surface area contributed by atoms with Gasteiger partial charge in [0.05, 0.1) is 24.4 Å². The first kappa shape index (κ1) is 17.0. The van der Waals surface area contributed by atoms with Crippen LogP contribution in [0.25, 0.3) is 5.70 Å². The summed E-state index contributed by atoms with van der Waals surface area (Å²) in [6.07, 6.45) is 1.72. The van der Waals surface area contributed by atoms with Gasteiger partial charge in [-0.25, -0.2) is 0 Å². The van der Waals surface area contributed by atoms with E-state index < -0.39 is 5.60 Å². The lowest BCUT2D eigenvalue weighted by atomic mass is 9.88. The third kappa shape index (κ3) is 3.07. The molecule has 0 aliphatic carbocycles. The molecule has 1 N–H and O–H groups in total. The molecular formula is C19H19N3O3. The molecule has 0 saturated carbocycles. The zero-order valence-electron chi connectivity index (χ0n) is 14.4. The number of ether oxygens (including phenoxy) is 1. The summed E-state index contributed by atoms with van der Waals surface area (Å²) in [4.78, 5) is 17.5. The Balaban J connectivity index is 2.35. The first-order valence-electron chi connectivity index (χ1n) is 7.89. The normalized spacial score (nSPS) is 15.3. The van der Waals surface area contributed by atoms with Crippen molar-refractivity contribution in [3.8, 4) is 11.8 Å². The summed E-state index contributed by atoms with van der Waals surface area (Å²) in [5.74, 6) is 0.635. The van der Waals surface area contributed by atoms with E-state index in [1.165, 1.54) is 13.2 Å². The van der Waals surface area contributed by atoms with Gasteiger partial charge in [-0.3, -0.25) is 9.36 Å². The average Bonchev–Trinajstić information content (AvgIpc) is 2.59. The molecule has 0 saturated heterocycles. The van der Waals surface area contributed by atoms with Gasteiger partial charge in [0.1, 0.15) is 11.4 Å². The molecule has 0 radical (unpaired) electrons. The number of aromatic nitrogens is 1. The fourth-order valence-electron chi connectivity index (χ4n) is 2.99. The van der Waals surface area contributed by atoms with E-state index >= 15 is 0 Å². The van der Waals surface area contributed by atoms with Crippen molar-refractivity contribution in [1.82, 2.24) is 10.0 Å². The van der Waals surface area contributed by atoms with Gasteiger partial charge in [0.25, 0.3) is 5.56 Å². The van der Waals surface area contributed by atoms with Crippen LogP contribution in [0.3, 0.4) is 0 Å². The Kier molecular flexibility index (Phi) is 4.45. The quantitative estimate of drug-likeness (QED) is 0.867. The molecule has 1 aliphatic rings. The van der Waals surface area contributed by atoms with Crippen LogP contribution >= 0.6 is 0 Å². The van der Waals surface area contributed by atoms with Gasteiger partial charge in [-0.1, -0.05) is 6.07 Å². The summed E-state index contributed by atoms with van der Waals surface area (Å²) < 4.78 is 7.72. The second kappa shape index (κ2) is 6.55. The van der Waals surface area contributed by atoms with E-state index in [9.17, 15) is 10.1 Å². The summed E-state index contributed by atoms with van der Waals surface area (Å²) in [7, 11) is 1.54. The summed E-state index contributed by atoms with van der Waals surface area (Å²) in [5, 5.41) is 9.25. The standard InChI is InChI=1S/C19H19N3O3/c1-19(2)15(12-21-24-3)18(22-9-5-4-6-17(22)23)14-10-13(11-20)7-8-16(14)25-19/h4-10,21H,12H2,1-3H3. The lowest BCUT2D eigenvalue weighted by Crippen LogP contribution is -2.41. The highest BCUT2D eigenvalue weighted by Crippen LogP contribution is 2.41. The van der Waals surface area contributed by atoms with Gasteiger partial charge < -0.3 is 9.57 Å². The van der Waals surface area contributed by atoms with Gasteiger partial charge in [-0.2, -0.15) is 10.7 Å². The van der Waals surface area contributed by atoms with E-state index in [1.54, 1.807) is 41.1 Å². The number of nitrogens with zero attached hydrogens (tertiary/aromatic N) is 2. The van der Waals surface area contributed by atoms with Crippen molar-refractivity contribution >= 4 is 5.70 Å². The van der Waals surface area contributed by atoms with Crippen molar-refractivity contribution in [3.63, 3.8) is 0 Å². The maximum atomic E-state index is 12.5. The summed E-state index contributed by atoms with van der Waals surface area (Å²) in [6.45, 7) is 4.25. The second-order valence-corrected chi connectivity index (χ2v) is 6.20. The van der Waals surface area contributed by atoms with Gasteiger partial charge in [-0.05, 0) is 38.1 Å². The smallest absolute Gasteiger partial charge is 0.255 e. The molecule has 0 unspecified atom stereocenters. The van der Waals surface area contributed by atoms with Crippen LogP contribution in [0.4, 0.5) is 0 Å². The fraction of sp³-hybridized carbons (Fsp3) is 0.263. The van der Waals surface area contributed by atoms with Crippen LogP contribution in [-0.4, -0.2) is 23.8 Å². The summed E-state index contributed by atoms with van der Waals surface area (Å²) in [5.41, 5.74) is 4.79. The molecule has 1 aliphatic heterocycles. The van der Waals surface area contributed by atoms with Crippen molar-refractivity contribution in [2.45, 2.75) is 19.4 Å². The van der Waals surface area contributed by atoms with Gasteiger partial charge in [0.15, 0.2) is 0 Å². The Hall–Kier alpha value is -2.88.